The maximum Gasteiger partial charge on any atom is 0.340 e. The maximum atomic E-state index is 12.9. The molecule has 6 nitrogen and oxygen atoms in total. The second-order valence-corrected chi connectivity index (χ2v) is 9.59. The lowest BCUT2D eigenvalue weighted by Crippen LogP contribution is -2.15. The summed E-state index contributed by atoms with van der Waals surface area (Å²) in [4.78, 5) is 26.0. The van der Waals surface area contributed by atoms with E-state index in [0.717, 1.165) is 4.88 Å². The molecule has 0 fully saturated rings. The van der Waals surface area contributed by atoms with Crippen molar-refractivity contribution in [3.05, 3.63) is 85.7 Å². The highest BCUT2D eigenvalue weighted by atomic mass is 35.5. The molecule has 9 heteroatoms. The van der Waals surface area contributed by atoms with Gasteiger partial charge in [-0.1, -0.05) is 61.3 Å². The van der Waals surface area contributed by atoms with Crippen LogP contribution in [0.5, 0.6) is 5.75 Å². The molecule has 0 saturated carbocycles. The van der Waals surface area contributed by atoms with Gasteiger partial charge in [-0.25, -0.2) is 4.79 Å². The van der Waals surface area contributed by atoms with Crippen LogP contribution in [0.25, 0.3) is 6.08 Å². The zero-order valence-corrected chi connectivity index (χ0v) is 21.6. The number of nitriles is 1. The molecule has 3 aromatic rings. The average molecular weight is 529 g/mol. The van der Waals surface area contributed by atoms with Crippen molar-refractivity contribution in [1.29, 1.82) is 5.26 Å². The molecule has 35 heavy (non-hydrogen) atoms. The maximum absolute atomic E-state index is 12.9. The Bertz CT molecular complexity index is 1300. The number of hydrogen-bond donors (Lipinski definition) is 1. The average Bonchev–Trinajstić information content (AvgIpc) is 3.26. The first kappa shape index (κ1) is 26.3. The smallest absolute Gasteiger partial charge is 0.340 e. The first-order valence-electron chi connectivity index (χ1n) is 10.5. The summed E-state index contributed by atoms with van der Waals surface area (Å²) in [6.07, 6.45) is 1.42. The first-order valence-corrected chi connectivity index (χ1v) is 12.1. The Kier molecular flexibility index (Phi) is 8.94. The highest BCUT2D eigenvalue weighted by Gasteiger charge is 2.21. The van der Waals surface area contributed by atoms with E-state index in [1.54, 1.807) is 48.5 Å². The fourth-order valence-corrected chi connectivity index (χ4v) is 4.63. The number of methoxy groups -OCH3 is 1. The second-order valence-electron chi connectivity index (χ2n) is 7.69. The number of anilines is 1. The molecule has 2 aromatic carbocycles. The molecule has 180 valence electrons. The van der Waals surface area contributed by atoms with Gasteiger partial charge in [0.2, 0.25) is 0 Å². The normalized spacial score (nSPS) is 11.2. The Balaban J connectivity index is 1.86. The lowest BCUT2D eigenvalue weighted by atomic mass is 10.1. The number of para-hydroxylation sites is 1. The van der Waals surface area contributed by atoms with Crippen molar-refractivity contribution in [3.63, 3.8) is 0 Å². The quantitative estimate of drug-likeness (QED) is 0.191. The zero-order chi connectivity index (χ0) is 25.5. The van der Waals surface area contributed by atoms with Gasteiger partial charge in [0.15, 0.2) is 0 Å². The fraction of sp³-hybridized carbons (Fsp3) is 0.192. The van der Waals surface area contributed by atoms with Crippen molar-refractivity contribution in [3.8, 4) is 11.8 Å². The number of nitrogens with one attached hydrogen (secondary N) is 1. The molecule has 0 bridgehead atoms. The highest BCUT2D eigenvalue weighted by molar-refractivity contribution is 7.16. The topological polar surface area (TPSA) is 88.4 Å². The Morgan fingerprint density at radius 1 is 1.14 bits per heavy atom. The number of rotatable bonds is 8. The molecule has 1 N–H and O–H groups in total. The molecule has 0 atom stereocenters. The van der Waals surface area contributed by atoms with E-state index in [0.29, 0.717) is 31.9 Å². The number of carbonyl (C=O) groups is 2. The zero-order valence-electron chi connectivity index (χ0n) is 19.2. The van der Waals surface area contributed by atoms with Crippen LogP contribution in [-0.2, 0) is 16.1 Å². The van der Waals surface area contributed by atoms with Gasteiger partial charge in [-0.2, -0.15) is 5.26 Å². The molecule has 1 aromatic heterocycles. The fourth-order valence-electron chi connectivity index (χ4n) is 3.07. The predicted octanol–water partition coefficient (Wildman–Crippen LogP) is 7.09. The summed E-state index contributed by atoms with van der Waals surface area (Å²) in [7, 11) is 1.27. The summed E-state index contributed by atoms with van der Waals surface area (Å²) >= 11 is 13.7. The SMILES string of the molecule is COC(=O)c1cc(C(C)C)sc1NC(=O)C(C#N)=Cc1ccccc1OCc1c(Cl)cccc1Cl. The van der Waals surface area contributed by atoms with E-state index in [-0.39, 0.29) is 23.7 Å². The van der Waals surface area contributed by atoms with Gasteiger partial charge in [0.05, 0.1) is 12.7 Å². The third-order valence-corrected chi connectivity index (χ3v) is 7.03. The summed E-state index contributed by atoms with van der Waals surface area (Å²) in [6.45, 7) is 4.06. The van der Waals surface area contributed by atoms with Gasteiger partial charge in [-0.15, -0.1) is 11.3 Å². The highest BCUT2D eigenvalue weighted by Crippen LogP contribution is 2.34. The van der Waals surface area contributed by atoms with Crippen molar-refractivity contribution in [2.24, 2.45) is 0 Å². The van der Waals surface area contributed by atoms with Gasteiger partial charge in [0.1, 0.15) is 29.0 Å². The molecule has 3 rings (SSSR count). The van der Waals surface area contributed by atoms with Gasteiger partial charge < -0.3 is 14.8 Å². The van der Waals surface area contributed by atoms with Crippen LogP contribution >= 0.6 is 34.5 Å². The van der Waals surface area contributed by atoms with Crippen molar-refractivity contribution >= 4 is 57.5 Å². The molecule has 0 unspecified atom stereocenters. The van der Waals surface area contributed by atoms with Crippen LogP contribution in [0.15, 0.2) is 54.1 Å². The van der Waals surface area contributed by atoms with Gasteiger partial charge in [-0.3, -0.25) is 4.79 Å². The number of hydrogen-bond acceptors (Lipinski definition) is 6. The number of ether oxygens (including phenoxy) is 2. The standard InChI is InChI=1S/C26H22Cl2N2O4S/c1-15(2)23-12-18(26(32)33-3)25(35-23)30-24(31)17(13-29)11-16-7-4-5-10-22(16)34-14-19-20(27)8-6-9-21(19)28/h4-12,15H,14H2,1-3H3,(H,30,31). The molecule has 0 saturated heterocycles. The molecular formula is C26H22Cl2N2O4S. The first-order chi connectivity index (χ1) is 16.7. The number of carbonyl (C=O) groups excluding carboxylic acids is 2. The van der Waals surface area contributed by atoms with Gasteiger partial charge in [0, 0.05) is 26.0 Å². The molecule has 1 heterocycles. The Labute approximate surface area is 217 Å². The number of nitrogens with zero attached hydrogens (tertiary/aromatic N) is 1. The summed E-state index contributed by atoms with van der Waals surface area (Å²) < 4.78 is 10.7. The van der Waals surface area contributed by atoms with Crippen molar-refractivity contribution in [2.75, 3.05) is 12.4 Å². The van der Waals surface area contributed by atoms with Gasteiger partial charge in [0.25, 0.3) is 5.91 Å². The number of benzene rings is 2. The lowest BCUT2D eigenvalue weighted by Gasteiger charge is -2.12. The number of thiophene rings is 1. The van der Waals surface area contributed by atoms with E-state index in [2.05, 4.69) is 5.32 Å². The van der Waals surface area contributed by atoms with Crippen LogP contribution in [-0.4, -0.2) is 19.0 Å². The minimum atomic E-state index is -0.654. The minimum absolute atomic E-state index is 0.104. The molecular weight excluding hydrogens is 507 g/mol. The van der Waals surface area contributed by atoms with E-state index in [9.17, 15) is 14.9 Å². The second kappa shape index (κ2) is 11.9. The lowest BCUT2D eigenvalue weighted by molar-refractivity contribution is -0.112. The summed E-state index contributed by atoms with van der Waals surface area (Å²) in [5, 5.41) is 13.6. The molecule has 0 radical (unpaired) electrons. The Hall–Kier alpha value is -3.31. The number of halogens is 2. The molecule has 0 spiro atoms. The van der Waals surface area contributed by atoms with Crippen LogP contribution in [0.1, 0.15) is 46.1 Å². The summed E-state index contributed by atoms with van der Waals surface area (Å²) in [5.41, 5.74) is 1.23. The van der Waals surface area contributed by atoms with E-state index < -0.39 is 11.9 Å². The summed E-state index contributed by atoms with van der Waals surface area (Å²) in [5.74, 6) is -0.630. The van der Waals surface area contributed by atoms with Crippen LogP contribution < -0.4 is 10.1 Å². The molecule has 0 aliphatic carbocycles. The van der Waals surface area contributed by atoms with E-state index in [1.807, 2.05) is 19.9 Å². The monoisotopic (exact) mass is 528 g/mol. The van der Waals surface area contributed by atoms with Crippen LogP contribution in [0.3, 0.4) is 0 Å². The van der Waals surface area contributed by atoms with E-state index in [1.165, 1.54) is 24.5 Å². The van der Waals surface area contributed by atoms with Crippen LogP contribution in [0, 0.1) is 11.3 Å². The van der Waals surface area contributed by atoms with E-state index >= 15 is 0 Å². The Morgan fingerprint density at radius 2 is 1.83 bits per heavy atom. The van der Waals surface area contributed by atoms with Crippen molar-refractivity contribution in [2.45, 2.75) is 26.4 Å². The molecule has 1 amide bonds. The van der Waals surface area contributed by atoms with Gasteiger partial charge >= 0.3 is 5.97 Å². The molecule has 0 aliphatic heterocycles. The third-order valence-electron chi connectivity index (χ3n) is 4.97. The molecule has 0 aliphatic rings. The Morgan fingerprint density at radius 3 is 2.46 bits per heavy atom. The van der Waals surface area contributed by atoms with Gasteiger partial charge in [-0.05, 0) is 36.3 Å². The van der Waals surface area contributed by atoms with Crippen molar-refractivity contribution in [1.82, 2.24) is 0 Å². The number of esters is 1. The van der Waals surface area contributed by atoms with E-state index in [4.69, 9.17) is 32.7 Å². The largest absolute Gasteiger partial charge is 0.488 e. The third kappa shape index (κ3) is 6.43. The number of amides is 1. The van der Waals surface area contributed by atoms with Crippen LogP contribution in [0.2, 0.25) is 10.0 Å². The van der Waals surface area contributed by atoms with Crippen LogP contribution in [0.4, 0.5) is 5.00 Å². The predicted molar refractivity (Wildman–Crippen MR) is 139 cm³/mol. The minimum Gasteiger partial charge on any atom is -0.488 e. The summed E-state index contributed by atoms with van der Waals surface area (Å²) in [6, 6.07) is 15.8. The van der Waals surface area contributed by atoms with Crippen molar-refractivity contribution < 1.29 is 19.1 Å².